The Morgan fingerprint density at radius 3 is 2.46 bits per heavy atom. The van der Waals surface area contributed by atoms with E-state index in [0.717, 1.165) is 17.7 Å². The predicted octanol–water partition coefficient (Wildman–Crippen LogP) is 4.45. The van der Waals surface area contributed by atoms with Crippen LogP contribution in [0.4, 0.5) is 18.9 Å². The number of nitrogens with two attached hydrogens (primary N) is 1. The van der Waals surface area contributed by atoms with E-state index >= 15 is 0 Å². The molecule has 2 heterocycles. The molecule has 0 fully saturated rings. The van der Waals surface area contributed by atoms with E-state index in [0.29, 0.717) is 42.3 Å². The molecule has 182 valence electrons. The minimum atomic E-state index is -1.52. The standard InChI is InChI=1S/C25H25F3N6O/c1-4-20(30-16-8-6-5-7-9-16)31-24(29)25(35)34-11-10-17-22(14(34)2)32-33(3)23(17)15-12-18(26)21(28)19(27)13-15/h5-9,12-14H,4,10-11H2,1-3H3,(H2,29,30,31)/t14-/m0/s1. The molecule has 0 saturated heterocycles. The van der Waals surface area contributed by atoms with Gasteiger partial charge in [-0.3, -0.25) is 9.48 Å². The first-order chi connectivity index (χ1) is 16.7. The highest BCUT2D eigenvalue weighted by atomic mass is 19.2. The van der Waals surface area contributed by atoms with Crippen LogP contribution in [0.3, 0.4) is 0 Å². The summed E-state index contributed by atoms with van der Waals surface area (Å²) in [6.07, 6.45) is 0.859. The van der Waals surface area contributed by atoms with Crippen LogP contribution >= 0.6 is 0 Å². The van der Waals surface area contributed by atoms with Crippen LogP contribution in [0.5, 0.6) is 0 Å². The lowest BCUT2D eigenvalue weighted by Gasteiger charge is -2.32. The van der Waals surface area contributed by atoms with Gasteiger partial charge < -0.3 is 10.6 Å². The lowest BCUT2D eigenvalue weighted by molar-refractivity contribution is -0.126. The lowest BCUT2D eigenvalue weighted by Crippen LogP contribution is -2.45. The number of hydrogen-bond donors (Lipinski definition) is 1. The zero-order valence-electron chi connectivity index (χ0n) is 19.6. The number of amidine groups is 2. The number of amides is 1. The van der Waals surface area contributed by atoms with Crippen molar-refractivity contribution >= 4 is 23.3 Å². The molecule has 0 unspecified atom stereocenters. The van der Waals surface area contributed by atoms with Gasteiger partial charge in [0, 0.05) is 31.1 Å². The summed E-state index contributed by atoms with van der Waals surface area (Å²) in [5.41, 5.74) is 8.74. The zero-order valence-corrected chi connectivity index (χ0v) is 19.6. The zero-order chi connectivity index (χ0) is 25.3. The summed E-state index contributed by atoms with van der Waals surface area (Å²) in [7, 11) is 1.63. The number of carbonyl (C=O) groups excluding carboxylic acids is 1. The monoisotopic (exact) mass is 482 g/mol. The maximum atomic E-state index is 13.9. The van der Waals surface area contributed by atoms with Gasteiger partial charge in [0.2, 0.25) is 0 Å². The Morgan fingerprint density at radius 2 is 1.83 bits per heavy atom. The van der Waals surface area contributed by atoms with Crippen molar-refractivity contribution in [1.82, 2.24) is 14.7 Å². The van der Waals surface area contributed by atoms with Crippen LogP contribution in [0.15, 0.2) is 52.4 Å². The molecule has 2 N–H and O–H groups in total. The third-order valence-corrected chi connectivity index (χ3v) is 5.96. The first-order valence-electron chi connectivity index (χ1n) is 11.2. The van der Waals surface area contributed by atoms with Crippen LogP contribution < -0.4 is 5.73 Å². The van der Waals surface area contributed by atoms with E-state index in [1.807, 2.05) is 37.3 Å². The van der Waals surface area contributed by atoms with Gasteiger partial charge in [0.25, 0.3) is 5.91 Å². The van der Waals surface area contributed by atoms with Gasteiger partial charge in [-0.25, -0.2) is 23.2 Å². The average molecular weight is 483 g/mol. The first-order valence-corrected chi connectivity index (χ1v) is 11.2. The summed E-state index contributed by atoms with van der Waals surface area (Å²) < 4.78 is 42.7. The van der Waals surface area contributed by atoms with Crippen LogP contribution in [0, 0.1) is 17.5 Å². The van der Waals surface area contributed by atoms with Gasteiger partial charge in [0.05, 0.1) is 23.1 Å². The minimum Gasteiger partial charge on any atom is -0.379 e. The van der Waals surface area contributed by atoms with Gasteiger partial charge in [-0.1, -0.05) is 25.1 Å². The number of hydrogen-bond acceptors (Lipinski definition) is 3. The Kier molecular flexibility index (Phi) is 6.72. The third kappa shape index (κ3) is 4.68. The van der Waals surface area contributed by atoms with Gasteiger partial charge in [0.15, 0.2) is 23.3 Å². The number of fused-ring (bicyclic) bond motifs is 1. The molecule has 0 aliphatic carbocycles. The number of aryl methyl sites for hydroxylation is 1. The second-order valence-corrected chi connectivity index (χ2v) is 8.23. The number of halogens is 3. The number of rotatable bonds is 3. The largest absolute Gasteiger partial charge is 0.379 e. The molecule has 3 aromatic rings. The summed E-state index contributed by atoms with van der Waals surface area (Å²) in [6.45, 7) is 3.96. The van der Waals surface area contributed by atoms with Crippen molar-refractivity contribution in [1.29, 1.82) is 0 Å². The fourth-order valence-electron chi connectivity index (χ4n) is 4.24. The highest BCUT2D eigenvalue weighted by Gasteiger charge is 2.34. The van der Waals surface area contributed by atoms with E-state index in [4.69, 9.17) is 5.73 Å². The number of para-hydroxylation sites is 1. The fourth-order valence-corrected chi connectivity index (χ4v) is 4.24. The van der Waals surface area contributed by atoms with Gasteiger partial charge in [-0.05, 0) is 37.6 Å². The van der Waals surface area contributed by atoms with Gasteiger partial charge in [-0.2, -0.15) is 5.10 Å². The molecule has 1 amide bonds. The highest BCUT2D eigenvalue weighted by Crippen LogP contribution is 2.36. The number of aliphatic imine (C=N–C) groups is 2. The van der Waals surface area contributed by atoms with Gasteiger partial charge in [0.1, 0.15) is 5.84 Å². The molecule has 0 bridgehead atoms. The summed E-state index contributed by atoms with van der Waals surface area (Å²) in [6, 6.07) is 10.7. The molecule has 0 spiro atoms. The lowest BCUT2D eigenvalue weighted by atomic mass is 9.95. The smallest absolute Gasteiger partial charge is 0.289 e. The summed E-state index contributed by atoms with van der Waals surface area (Å²) >= 11 is 0. The quantitative estimate of drug-likeness (QED) is 0.340. The Labute approximate surface area is 200 Å². The van der Waals surface area contributed by atoms with Crippen molar-refractivity contribution in [3.63, 3.8) is 0 Å². The number of nitrogens with zero attached hydrogens (tertiary/aromatic N) is 5. The summed E-state index contributed by atoms with van der Waals surface area (Å²) in [5, 5.41) is 4.49. The van der Waals surface area contributed by atoms with Crippen LogP contribution in [-0.2, 0) is 18.3 Å². The third-order valence-electron chi connectivity index (χ3n) is 5.96. The van der Waals surface area contributed by atoms with Crippen molar-refractivity contribution in [3.8, 4) is 11.3 Å². The van der Waals surface area contributed by atoms with Crippen molar-refractivity contribution in [3.05, 3.63) is 71.2 Å². The maximum absolute atomic E-state index is 13.9. The average Bonchev–Trinajstić information content (AvgIpc) is 3.19. The van der Waals surface area contributed by atoms with Crippen molar-refractivity contribution in [2.75, 3.05) is 6.54 Å². The molecule has 35 heavy (non-hydrogen) atoms. The summed E-state index contributed by atoms with van der Waals surface area (Å²) in [4.78, 5) is 23.4. The SMILES string of the molecule is CCC(=Nc1ccccc1)N=C(N)C(=O)N1CCc2c(nn(C)c2-c2cc(F)c(F)c(F)c2)[C@@H]1C. The van der Waals surface area contributed by atoms with E-state index < -0.39 is 29.4 Å². The molecule has 0 saturated carbocycles. The van der Waals surface area contributed by atoms with Gasteiger partial charge >= 0.3 is 0 Å². The molecule has 1 aliphatic rings. The molecule has 1 atom stereocenters. The minimum absolute atomic E-state index is 0.176. The summed E-state index contributed by atoms with van der Waals surface area (Å²) in [5.74, 6) is -4.29. The van der Waals surface area contributed by atoms with Crippen LogP contribution in [0.2, 0.25) is 0 Å². The molecule has 7 nitrogen and oxygen atoms in total. The molecule has 1 aliphatic heterocycles. The fraction of sp³-hybridized carbons (Fsp3) is 0.280. The molecule has 0 radical (unpaired) electrons. The van der Waals surface area contributed by atoms with E-state index in [2.05, 4.69) is 15.1 Å². The number of aromatic nitrogens is 2. The Hall–Kier alpha value is -3.95. The Balaban J connectivity index is 1.62. The second kappa shape index (κ2) is 9.73. The second-order valence-electron chi connectivity index (χ2n) is 8.23. The predicted molar refractivity (Wildman–Crippen MR) is 128 cm³/mol. The van der Waals surface area contributed by atoms with E-state index in [1.165, 1.54) is 4.68 Å². The van der Waals surface area contributed by atoms with E-state index in [1.54, 1.807) is 18.9 Å². The topological polar surface area (TPSA) is 88.9 Å². The Morgan fingerprint density at radius 1 is 1.17 bits per heavy atom. The normalized spacial score (nSPS) is 16.4. The highest BCUT2D eigenvalue weighted by molar-refractivity contribution is 6.39. The van der Waals surface area contributed by atoms with Crippen molar-refractivity contribution < 1.29 is 18.0 Å². The van der Waals surface area contributed by atoms with Crippen LogP contribution in [0.1, 0.15) is 37.6 Å². The number of carbonyl (C=O) groups is 1. The Bertz CT molecular complexity index is 1310. The maximum Gasteiger partial charge on any atom is 0.289 e. The molecule has 4 rings (SSSR count). The molecular weight excluding hydrogens is 457 g/mol. The molecule has 1 aromatic heterocycles. The van der Waals surface area contributed by atoms with Crippen molar-refractivity contribution in [2.45, 2.75) is 32.7 Å². The molecular formula is C25H25F3N6O. The van der Waals surface area contributed by atoms with E-state index in [9.17, 15) is 18.0 Å². The van der Waals surface area contributed by atoms with Gasteiger partial charge in [-0.15, -0.1) is 0 Å². The first kappa shape index (κ1) is 24.2. The number of benzene rings is 2. The van der Waals surface area contributed by atoms with Crippen LogP contribution in [-0.4, -0.2) is 38.8 Å². The molecule has 10 heteroatoms. The van der Waals surface area contributed by atoms with Crippen LogP contribution in [0.25, 0.3) is 11.3 Å². The molecule has 2 aromatic carbocycles. The van der Waals surface area contributed by atoms with Crippen molar-refractivity contribution in [2.24, 2.45) is 22.8 Å². The van der Waals surface area contributed by atoms with E-state index in [-0.39, 0.29) is 11.4 Å².